The van der Waals surface area contributed by atoms with Crippen molar-refractivity contribution in [1.29, 1.82) is 0 Å². The Balaban J connectivity index is 1.79. The Bertz CT molecular complexity index is 975. The number of hydrogen-bond acceptors (Lipinski definition) is 4. The van der Waals surface area contributed by atoms with E-state index in [9.17, 15) is 4.79 Å². The topological polar surface area (TPSA) is 60.5 Å². The van der Waals surface area contributed by atoms with Gasteiger partial charge < -0.3 is 14.8 Å². The Morgan fingerprint density at radius 3 is 2.81 bits per heavy atom. The number of benzene rings is 2. The minimum Gasteiger partial charge on any atom is -0.492 e. The summed E-state index contributed by atoms with van der Waals surface area (Å²) in [6, 6.07) is 12.6. The second-order valence-electron chi connectivity index (χ2n) is 6.10. The van der Waals surface area contributed by atoms with Gasteiger partial charge in [0.1, 0.15) is 17.0 Å². The monoisotopic (exact) mass is 384 g/mol. The molecule has 0 aliphatic carbocycles. The highest BCUT2D eigenvalue weighted by Gasteiger charge is 2.17. The molecule has 3 aromatic rings. The summed E-state index contributed by atoms with van der Waals surface area (Å²) in [5, 5.41) is 4.39. The third-order valence-corrected chi connectivity index (χ3v) is 4.53. The summed E-state index contributed by atoms with van der Waals surface area (Å²) < 4.78 is 11.4. The maximum absolute atomic E-state index is 12.6. The molecule has 1 aromatic heterocycles. The minimum absolute atomic E-state index is 0.253. The van der Waals surface area contributed by atoms with Crippen molar-refractivity contribution in [1.82, 2.24) is 4.98 Å². The molecule has 0 spiro atoms. The average Bonchev–Trinajstić information content (AvgIpc) is 2.66. The van der Waals surface area contributed by atoms with Gasteiger partial charge in [0.15, 0.2) is 6.10 Å². The fourth-order valence-corrected chi connectivity index (χ4v) is 2.83. The molecule has 0 saturated carbocycles. The van der Waals surface area contributed by atoms with Crippen molar-refractivity contribution in [2.45, 2.75) is 26.9 Å². The fraction of sp³-hybridized carbons (Fsp3) is 0.238. The molecule has 1 heterocycles. The molecule has 1 amide bonds. The zero-order valence-electron chi connectivity index (χ0n) is 15.5. The zero-order valence-corrected chi connectivity index (χ0v) is 16.2. The molecule has 2 aromatic carbocycles. The quantitative estimate of drug-likeness (QED) is 0.649. The predicted molar refractivity (Wildman–Crippen MR) is 108 cm³/mol. The second kappa shape index (κ2) is 8.27. The summed E-state index contributed by atoms with van der Waals surface area (Å²) in [4.78, 5) is 17.0. The van der Waals surface area contributed by atoms with Crippen LogP contribution in [0.15, 0.2) is 48.7 Å². The SMILES string of the molecule is CCOc1ccc(NC(=O)[C@H](C)Oc2ccc(Cl)c(C)c2)c2cccnc12. The normalized spacial score (nSPS) is 11.9. The van der Waals surface area contributed by atoms with Gasteiger partial charge in [0, 0.05) is 16.6 Å². The summed E-state index contributed by atoms with van der Waals surface area (Å²) in [6.07, 6.45) is 1.02. The van der Waals surface area contributed by atoms with E-state index in [4.69, 9.17) is 21.1 Å². The number of aryl methyl sites for hydroxylation is 1. The first-order valence-corrected chi connectivity index (χ1v) is 9.11. The summed E-state index contributed by atoms with van der Waals surface area (Å²) >= 11 is 6.03. The highest BCUT2D eigenvalue weighted by Crippen LogP contribution is 2.30. The van der Waals surface area contributed by atoms with Gasteiger partial charge in [-0.1, -0.05) is 11.6 Å². The Morgan fingerprint density at radius 1 is 1.26 bits per heavy atom. The van der Waals surface area contributed by atoms with Gasteiger partial charge in [-0.05, 0) is 68.8 Å². The standard InChI is InChI=1S/C21H21ClN2O3/c1-4-26-19-10-9-18(16-6-5-11-23-20(16)19)24-21(25)14(3)27-15-7-8-17(22)13(2)12-15/h5-12,14H,4H2,1-3H3,(H,24,25)/t14-/m0/s1. The van der Waals surface area contributed by atoms with E-state index >= 15 is 0 Å². The van der Waals surface area contributed by atoms with E-state index < -0.39 is 6.10 Å². The number of fused-ring (bicyclic) bond motifs is 1. The van der Waals surface area contributed by atoms with Crippen molar-refractivity contribution in [3.05, 3.63) is 59.2 Å². The van der Waals surface area contributed by atoms with Gasteiger partial charge in [-0.25, -0.2) is 0 Å². The van der Waals surface area contributed by atoms with Crippen LogP contribution in [0.25, 0.3) is 10.9 Å². The Kier molecular flexibility index (Phi) is 5.81. The van der Waals surface area contributed by atoms with Crippen LogP contribution in [0, 0.1) is 6.92 Å². The number of ether oxygens (including phenoxy) is 2. The molecule has 0 radical (unpaired) electrons. The Morgan fingerprint density at radius 2 is 2.07 bits per heavy atom. The van der Waals surface area contributed by atoms with Crippen molar-refractivity contribution in [3.63, 3.8) is 0 Å². The molecule has 6 heteroatoms. The number of halogens is 1. The lowest BCUT2D eigenvalue weighted by Gasteiger charge is -2.17. The first kappa shape index (κ1) is 19.0. The van der Waals surface area contributed by atoms with E-state index in [-0.39, 0.29) is 5.91 Å². The van der Waals surface area contributed by atoms with Gasteiger partial charge in [-0.2, -0.15) is 0 Å². The molecule has 1 atom stereocenters. The third kappa shape index (κ3) is 4.31. The molecular weight excluding hydrogens is 364 g/mol. The van der Waals surface area contributed by atoms with Crippen molar-refractivity contribution in [3.8, 4) is 11.5 Å². The number of hydrogen-bond donors (Lipinski definition) is 1. The molecule has 27 heavy (non-hydrogen) atoms. The molecule has 0 aliphatic rings. The second-order valence-corrected chi connectivity index (χ2v) is 6.51. The number of amides is 1. The fourth-order valence-electron chi connectivity index (χ4n) is 2.71. The molecular formula is C21H21ClN2O3. The number of pyridine rings is 1. The maximum atomic E-state index is 12.6. The van der Waals surface area contributed by atoms with Crippen molar-refractivity contribution < 1.29 is 14.3 Å². The Labute approximate surface area is 163 Å². The zero-order chi connectivity index (χ0) is 19.4. The smallest absolute Gasteiger partial charge is 0.265 e. The van der Waals surface area contributed by atoms with E-state index in [0.717, 1.165) is 10.9 Å². The predicted octanol–water partition coefficient (Wildman–Crippen LogP) is 5.00. The molecule has 0 fully saturated rings. The Hall–Kier alpha value is -2.79. The van der Waals surface area contributed by atoms with Crippen molar-refractivity contribution in [2.75, 3.05) is 11.9 Å². The first-order chi connectivity index (χ1) is 13.0. The number of carbonyl (C=O) groups is 1. The first-order valence-electron chi connectivity index (χ1n) is 8.73. The third-order valence-electron chi connectivity index (χ3n) is 4.10. The molecule has 5 nitrogen and oxygen atoms in total. The highest BCUT2D eigenvalue weighted by molar-refractivity contribution is 6.31. The van der Waals surface area contributed by atoms with Crippen molar-refractivity contribution >= 4 is 34.1 Å². The highest BCUT2D eigenvalue weighted by atomic mass is 35.5. The van der Waals surface area contributed by atoms with Crippen LogP contribution in [0.1, 0.15) is 19.4 Å². The van der Waals surface area contributed by atoms with Crippen LogP contribution in [0.5, 0.6) is 11.5 Å². The van der Waals surface area contributed by atoms with Gasteiger partial charge in [0.05, 0.1) is 12.3 Å². The van der Waals surface area contributed by atoms with Gasteiger partial charge >= 0.3 is 0 Å². The molecule has 0 saturated heterocycles. The largest absolute Gasteiger partial charge is 0.492 e. The van der Waals surface area contributed by atoms with E-state index in [1.807, 2.05) is 44.2 Å². The van der Waals surface area contributed by atoms with Crippen molar-refractivity contribution in [2.24, 2.45) is 0 Å². The molecule has 1 N–H and O–H groups in total. The van der Waals surface area contributed by atoms with Gasteiger partial charge in [-0.15, -0.1) is 0 Å². The van der Waals surface area contributed by atoms with Crippen LogP contribution >= 0.6 is 11.6 Å². The van der Waals surface area contributed by atoms with Crippen LogP contribution < -0.4 is 14.8 Å². The van der Waals surface area contributed by atoms with Crippen LogP contribution in [0.3, 0.4) is 0 Å². The number of anilines is 1. The molecule has 0 bridgehead atoms. The average molecular weight is 385 g/mol. The molecule has 0 aliphatic heterocycles. The van der Waals surface area contributed by atoms with Crippen LogP contribution in [-0.2, 0) is 4.79 Å². The summed E-state index contributed by atoms with van der Waals surface area (Å²) in [5.41, 5.74) is 2.26. The van der Waals surface area contributed by atoms with Gasteiger partial charge in [0.25, 0.3) is 5.91 Å². The number of carbonyl (C=O) groups excluding carboxylic acids is 1. The number of nitrogens with one attached hydrogen (secondary N) is 1. The summed E-state index contributed by atoms with van der Waals surface area (Å²) in [6.45, 7) is 6.05. The maximum Gasteiger partial charge on any atom is 0.265 e. The van der Waals surface area contributed by atoms with E-state index in [1.165, 1.54) is 0 Å². The van der Waals surface area contributed by atoms with E-state index in [1.54, 1.807) is 25.3 Å². The lowest BCUT2D eigenvalue weighted by Crippen LogP contribution is -2.30. The summed E-state index contributed by atoms with van der Waals surface area (Å²) in [7, 11) is 0. The molecule has 140 valence electrons. The van der Waals surface area contributed by atoms with Crippen LogP contribution in [0.2, 0.25) is 5.02 Å². The van der Waals surface area contributed by atoms with Crippen LogP contribution in [-0.4, -0.2) is 23.6 Å². The van der Waals surface area contributed by atoms with Gasteiger partial charge in [0.2, 0.25) is 0 Å². The van der Waals surface area contributed by atoms with Gasteiger partial charge in [-0.3, -0.25) is 9.78 Å². The molecule has 3 rings (SSSR count). The van der Waals surface area contributed by atoms with E-state index in [2.05, 4.69) is 10.3 Å². The minimum atomic E-state index is -0.677. The number of aromatic nitrogens is 1. The number of nitrogens with zero attached hydrogens (tertiary/aromatic N) is 1. The lowest BCUT2D eigenvalue weighted by molar-refractivity contribution is -0.122. The van der Waals surface area contributed by atoms with Crippen LogP contribution in [0.4, 0.5) is 5.69 Å². The summed E-state index contributed by atoms with van der Waals surface area (Å²) in [5.74, 6) is 1.03. The van der Waals surface area contributed by atoms with E-state index in [0.29, 0.717) is 34.3 Å². The molecule has 0 unspecified atom stereocenters. The number of rotatable bonds is 6. The lowest BCUT2D eigenvalue weighted by atomic mass is 10.1.